The fourth-order valence-corrected chi connectivity index (χ4v) is 2.72. The van der Waals surface area contributed by atoms with E-state index in [0.717, 1.165) is 38.9 Å². The minimum Gasteiger partial charge on any atom is -0.398 e. The van der Waals surface area contributed by atoms with Gasteiger partial charge in [-0.25, -0.2) is 4.39 Å². The van der Waals surface area contributed by atoms with Gasteiger partial charge in [-0.2, -0.15) is 0 Å². The third-order valence-corrected chi connectivity index (χ3v) is 4.11. The van der Waals surface area contributed by atoms with Gasteiger partial charge < -0.3 is 16.0 Å². The normalized spacial score (nSPS) is 16.9. The molecule has 1 aliphatic heterocycles. The van der Waals surface area contributed by atoms with Crippen molar-refractivity contribution in [3.05, 3.63) is 29.1 Å². The van der Waals surface area contributed by atoms with Crippen molar-refractivity contribution in [2.24, 2.45) is 0 Å². The molecule has 0 radical (unpaired) electrons. The van der Waals surface area contributed by atoms with E-state index in [1.165, 1.54) is 6.07 Å². The van der Waals surface area contributed by atoms with E-state index in [1.54, 1.807) is 13.0 Å². The van der Waals surface area contributed by atoms with Crippen molar-refractivity contribution in [1.82, 2.24) is 10.2 Å². The van der Waals surface area contributed by atoms with Gasteiger partial charge in [0.25, 0.3) is 5.91 Å². The van der Waals surface area contributed by atoms with Crippen molar-refractivity contribution < 1.29 is 9.18 Å². The number of nitrogens with two attached hydrogens (primary N) is 1. The van der Waals surface area contributed by atoms with Crippen LogP contribution in [0.5, 0.6) is 0 Å². The zero-order valence-electron chi connectivity index (χ0n) is 12.8. The molecule has 1 amide bonds. The van der Waals surface area contributed by atoms with Crippen LogP contribution >= 0.6 is 0 Å². The van der Waals surface area contributed by atoms with Crippen LogP contribution in [0.4, 0.5) is 10.1 Å². The number of halogens is 1. The van der Waals surface area contributed by atoms with E-state index in [1.807, 2.05) is 0 Å². The number of likely N-dealkylation sites (tertiary alicyclic amines) is 1. The molecule has 3 N–H and O–H groups in total. The second-order valence-electron chi connectivity index (χ2n) is 5.76. The van der Waals surface area contributed by atoms with Gasteiger partial charge >= 0.3 is 0 Å². The Morgan fingerprint density at radius 3 is 2.67 bits per heavy atom. The zero-order chi connectivity index (χ0) is 15.4. The Morgan fingerprint density at radius 2 is 2.10 bits per heavy atom. The van der Waals surface area contributed by atoms with Crippen molar-refractivity contribution >= 4 is 11.6 Å². The average molecular weight is 293 g/mol. The molecule has 1 aromatic carbocycles. The Hall–Kier alpha value is -1.62. The Labute approximate surface area is 125 Å². The number of piperidine rings is 1. The summed E-state index contributed by atoms with van der Waals surface area (Å²) in [6, 6.07) is 2.96. The number of carbonyl (C=O) groups excluding carboxylic acids is 1. The van der Waals surface area contributed by atoms with Gasteiger partial charge in [-0.05, 0) is 44.9 Å². The molecule has 1 heterocycles. The van der Waals surface area contributed by atoms with Crippen molar-refractivity contribution in [3.63, 3.8) is 0 Å². The minimum atomic E-state index is -0.432. The van der Waals surface area contributed by atoms with E-state index in [0.29, 0.717) is 16.8 Å². The summed E-state index contributed by atoms with van der Waals surface area (Å²) in [5.41, 5.74) is 6.72. The maximum atomic E-state index is 13.6. The van der Waals surface area contributed by atoms with E-state index >= 15 is 0 Å². The number of anilines is 1. The first kappa shape index (κ1) is 15.8. The first-order valence-electron chi connectivity index (χ1n) is 7.60. The van der Waals surface area contributed by atoms with Gasteiger partial charge in [0.1, 0.15) is 5.82 Å². The number of benzene rings is 1. The quantitative estimate of drug-likeness (QED) is 0.838. The highest BCUT2D eigenvalue weighted by molar-refractivity contribution is 5.95. The second-order valence-corrected chi connectivity index (χ2v) is 5.76. The minimum absolute atomic E-state index is 0.163. The lowest BCUT2D eigenvalue weighted by Crippen LogP contribution is -2.44. The molecule has 0 unspecified atom stereocenters. The monoisotopic (exact) mass is 293 g/mol. The van der Waals surface area contributed by atoms with Crippen molar-refractivity contribution in [2.45, 2.75) is 39.2 Å². The summed E-state index contributed by atoms with van der Waals surface area (Å²) in [7, 11) is 0. The van der Waals surface area contributed by atoms with Gasteiger partial charge in [-0.15, -0.1) is 0 Å². The van der Waals surface area contributed by atoms with Crippen LogP contribution in [-0.2, 0) is 0 Å². The summed E-state index contributed by atoms with van der Waals surface area (Å²) >= 11 is 0. The van der Waals surface area contributed by atoms with E-state index in [2.05, 4.69) is 17.1 Å². The number of hydrogen-bond donors (Lipinski definition) is 2. The van der Waals surface area contributed by atoms with Crippen LogP contribution in [0, 0.1) is 12.7 Å². The Kier molecular flexibility index (Phi) is 5.17. The predicted molar refractivity (Wildman–Crippen MR) is 82.8 cm³/mol. The van der Waals surface area contributed by atoms with Crippen LogP contribution in [0.2, 0.25) is 0 Å². The van der Waals surface area contributed by atoms with E-state index in [-0.39, 0.29) is 11.9 Å². The molecule has 0 aromatic heterocycles. The van der Waals surface area contributed by atoms with E-state index in [4.69, 9.17) is 5.73 Å². The van der Waals surface area contributed by atoms with Gasteiger partial charge in [-0.1, -0.05) is 6.92 Å². The number of amides is 1. The van der Waals surface area contributed by atoms with Crippen LogP contribution in [-0.4, -0.2) is 36.5 Å². The highest BCUT2D eigenvalue weighted by Crippen LogP contribution is 2.18. The summed E-state index contributed by atoms with van der Waals surface area (Å²) in [6.45, 7) is 6.90. The smallest absolute Gasteiger partial charge is 0.251 e. The van der Waals surface area contributed by atoms with Gasteiger partial charge in [0.15, 0.2) is 0 Å². The lowest BCUT2D eigenvalue weighted by atomic mass is 10.0. The SMILES string of the molecule is CCCN1CCC(NC(=O)c2cc(N)c(C)c(F)c2)CC1. The Bertz CT molecular complexity index is 487. The molecule has 0 saturated carbocycles. The molecule has 1 aliphatic rings. The molecule has 21 heavy (non-hydrogen) atoms. The number of nitrogens with zero attached hydrogens (tertiary/aromatic N) is 1. The molecule has 1 saturated heterocycles. The van der Waals surface area contributed by atoms with E-state index < -0.39 is 5.82 Å². The molecular formula is C16H24FN3O. The van der Waals surface area contributed by atoms with Gasteiger partial charge in [0, 0.05) is 35.9 Å². The van der Waals surface area contributed by atoms with Crippen LogP contribution in [0.25, 0.3) is 0 Å². The summed E-state index contributed by atoms with van der Waals surface area (Å²) < 4.78 is 13.6. The number of carbonyl (C=O) groups is 1. The van der Waals surface area contributed by atoms with Gasteiger partial charge in [0.2, 0.25) is 0 Å². The lowest BCUT2D eigenvalue weighted by molar-refractivity contribution is 0.0910. The summed E-state index contributed by atoms with van der Waals surface area (Å²) in [6.07, 6.45) is 3.03. The van der Waals surface area contributed by atoms with Crippen LogP contribution < -0.4 is 11.1 Å². The van der Waals surface area contributed by atoms with Crippen LogP contribution in [0.3, 0.4) is 0 Å². The molecule has 4 nitrogen and oxygen atoms in total. The van der Waals surface area contributed by atoms with Gasteiger partial charge in [-0.3, -0.25) is 4.79 Å². The third-order valence-electron chi connectivity index (χ3n) is 4.11. The summed E-state index contributed by atoms with van der Waals surface area (Å²) in [4.78, 5) is 14.6. The second kappa shape index (κ2) is 6.89. The summed E-state index contributed by atoms with van der Waals surface area (Å²) in [5, 5.41) is 2.98. The fraction of sp³-hybridized carbons (Fsp3) is 0.562. The molecule has 0 bridgehead atoms. The highest BCUT2D eigenvalue weighted by Gasteiger charge is 2.21. The first-order valence-corrected chi connectivity index (χ1v) is 7.60. The molecule has 0 atom stereocenters. The Balaban J connectivity index is 1.93. The molecule has 1 aromatic rings. The third kappa shape index (κ3) is 3.94. The first-order chi connectivity index (χ1) is 10.0. The van der Waals surface area contributed by atoms with Gasteiger partial charge in [0.05, 0.1) is 0 Å². The fourth-order valence-electron chi connectivity index (χ4n) is 2.72. The maximum Gasteiger partial charge on any atom is 0.251 e. The molecule has 5 heteroatoms. The maximum absolute atomic E-state index is 13.6. The highest BCUT2D eigenvalue weighted by atomic mass is 19.1. The molecule has 2 rings (SSSR count). The zero-order valence-corrected chi connectivity index (χ0v) is 12.8. The molecule has 0 spiro atoms. The number of nitrogen functional groups attached to an aromatic ring is 1. The molecule has 1 fully saturated rings. The average Bonchev–Trinajstić information content (AvgIpc) is 2.46. The lowest BCUT2D eigenvalue weighted by Gasteiger charge is -2.32. The topological polar surface area (TPSA) is 58.4 Å². The van der Waals surface area contributed by atoms with Crippen molar-refractivity contribution in [3.8, 4) is 0 Å². The van der Waals surface area contributed by atoms with Crippen molar-refractivity contribution in [1.29, 1.82) is 0 Å². The molecular weight excluding hydrogens is 269 g/mol. The number of rotatable bonds is 4. The number of hydrogen-bond acceptors (Lipinski definition) is 3. The van der Waals surface area contributed by atoms with Crippen LogP contribution in [0.1, 0.15) is 42.1 Å². The molecule has 0 aliphatic carbocycles. The predicted octanol–water partition coefficient (Wildman–Crippen LogP) is 2.32. The molecule has 116 valence electrons. The van der Waals surface area contributed by atoms with E-state index in [9.17, 15) is 9.18 Å². The van der Waals surface area contributed by atoms with Crippen molar-refractivity contribution in [2.75, 3.05) is 25.4 Å². The Morgan fingerprint density at radius 1 is 1.43 bits per heavy atom. The summed E-state index contributed by atoms with van der Waals surface area (Å²) in [5.74, 6) is -0.674. The number of nitrogens with one attached hydrogen (secondary N) is 1. The standard InChI is InChI=1S/C16H24FN3O/c1-3-6-20-7-4-13(5-8-20)19-16(21)12-9-14(17)11(2)15(18)10-12/h9-10,13H,3-8,18H2,1-2H3,(H,19,21). The largest absolute Gasteiger partial charge is 0.398 e. The van der Waals surface area contributed by atoms with Crippen LogP contribution in [0.15, 0.2) is 12.1 Å².